The number of anilines is 2. The van der Waals surface area contributed by atoms with E-state index in [1.165, 1.54) is 6.07 Å². The molecule has 2 rings (SSSR count). The fourth-order valence-electron chi connectivity index (χ4n) is 1.14. The lowest BCUT2D eigenvalue weighted by molar-refractivity contribution is -0.144. The molecular formula is C8H6F3N7. The Kier molecular flexibility index (Phi) is 2.69. The van der Waals surface area contributed by atoms with Gasteiger partial charge in [0.05, 0.1) is 0 Å². The van der Waals surface area contributed by atoms with E-state index < -0.39 is 12.0 Å². The van der Waals surface area contributed by atoms with Gasteiger partial charge in [-0.2, -0.15) is 28.1 Å². The second kappa shape index (κ2) is 4.05. The molecule has 0 aromatic carbocycles. The second-order valence-corrected chi connectivity index (χ2v) is 3.14. The van der Waals surface area contributed by atoms with Gasteiger partial charge in [-0.15, -0.1) is 0 Å². The van der Waals surface area contributed by atoms with Crippen LogP contribution >= 0.6 is 0 Å². The van der Waals surface area contributed by atoms with Crippen molar-refractivity contribution >= 4 is 11.9 Å². The Labute approximate surface area is 98.1 Å². The number of hydrogen-bond acceptors (Lipinski definition) is 7. The topological polar surface area (TPSA) is 116 Å². The minimum atomic E-state index is -4.65. The maximum absolute atomic E-state index is 12.4. The monoisotopic (exact) mass is 257 g/mol. The zero-order valence-corrected chi connectivity index (χ0v) is 8.68. The molecule has 94 valence electrons. The van der Waals surface area contributed by atoms with E-state index in [-0.39, 0.29) is 23.4 Å². The van der Waals surface area contributed by atoms with Crippen LogP contribution in [0.2, 0.25) is 0 Å². The predicted octanol–water partition coefficient (Wildman–Crippen LogP) is 0.512. The van der Waals surface area contributed by atoms with E-state index in [1.807, 2.05) is 0 Å². The normalized spacial score (nSPS) is 11.5. The Bertz CT molecular complexity index is 563. The molecule has 0 unspecified atom stereocenters. The minimum absolute atomic E-state index is 0.141. The van der Waals surface area contributed by atoms with E-state index in [1.54, 1.807) is 0 Å². The first kappa shape index (κ1) is 12.0. The van der Waals surface area contributed by atoms with Crippen LogP contribution in [0.4, 0.5) is 25.1 Å². The van der Waals surface area contributed by atoms with E-state index >= 15 is 0 Å². The van der Waals surface area contributed by atoms with Gasteiger partial charge < -0.3 is 11.5 Å². The fourth-order valence-corrected chi connectivity index (χ4v) is 1.14. The number of nitrogens with two attached hydrogens (primary N) is 2. The average molecular weight is 257 g/mol. The predicted molar refractivity (Wildman–Crippen MR) is 54.7 cm³/mol. The molecule has 0 atom stereocenters. The molecule has 10 heteroatoms. The molecule has 2 heterocycles. The molecule has 2 aromatic heterocycles. The van der Waals surface area contributed by atoms with E-state index in [4.69, 9.17) is 11.5 Å². The summed E-state index contributed by atoms with van der Waals surface area (Å²) in [5.74, 6) is -1.85. The third-order valence-corrected chi connectivity index (χ3v) is 1.81. The molecule has 0 aliphatic heterocycles. The molecule has 0 spiro atoms. The molecule has 18 heavy (non-hydrogen) atoms. The van der Waals surface area contributed by atoms with Gasteiger partial charge in [-0.05, 0) is 6.07 Å². The first-order valence-electron chi connectivity index (χ1n) is 4.54. The van der Waals surface area contributed by atoms with Crippen molar-refractivity contribution in [2.45, 2.75) is 6.18 Å². The summed E-state index contributed by atoms with van der Waals surface area (Å²) in [6.45, 7) is 0. The molecule has 0 fully saturated rings. The van der Waals surface area contributed by atoms with Gasteiger partial charge in [0, 0.05) is 6.20 Å². The van der Waals surface area contributed by atoms with E-state index in [0.717, 1.165) is 6.20 Å². The highest BCUT2D eigenvalue weighted by molar-refractivity contribution is 5.51. The van der Waals surface area contributed by atoms with Crippen molar-refractivity contribution in [1.82, 2.24) is 24.9 Å². The number of halogens is 3. The Hall–Kier alpha value is -2.52. The van der Waals surface area contributed by atoms with E-state index in [0.29, 0.717) is 0 Å². The van der Waals surface area contributed by atoms with Crippen LogP contribution in [0, 0.1) is 0 Å². The largest absolute Gasteiger partial charge is 0.451 e. The van der Waals surface area contributed by atoms with Crippen molar-refractivity contribution in [3.8, 4) is 11.5 Å². The maximum Gasteiger partial charge on any atom is 0.451 e. The molecule has 0 saturated carbocycles. The Morgan fingerprint density at radius 1 is 0.944 bits per heavy atom. The van der Waals surface area contributed by atoms with Gasteiger partial charge in [-0.25, -0.2) is 9.97 Å². The summed E-state index contributed by atoms with van der Waals surface area (Å²) in [6, 6.07) is 1.21. The highest BCUT2D eigenvalue weighted by atomic mass is 19.4. The fraction of sp³-hybridized carbons (Fsp3) is 0.125. The minimum Gasteiger partial charge on any atom is -0.368 e. The Morgan fingerprint density at radius 2 is 1.56 bits per heavy atom. The van der Waals surface area contributed by atoms with Crippen LogP contribution in [0.5, 0.6) is 0 Å². The number of nitrogen functional groups attached to an aromatic ring is 2. The third-order valence-electron chi connectivity index (χ3n) is 1.81. The zero-order chi connectivity index (χ0) is 13.3. The summed E-state index contributed by atoms with van der Waals surface area (Å²) in [4.78, 5) is 17.2. The van der Waals surface area contributed by atoms with Crippen molar-refractivity contribution in [2.75, 3.05) is 11.5 Å². The van der Waals surface area contributed by atoms with Gasteiger partial charge in [0.1, 0.15) is 5.69 Å². The van der Waals surface area contributed by atoms with E-state index in [2.05, 4.69) is 24.9 Å². The average Bonchev–Trinajstić information content (AvgIpc) is 2.27. The van der Waals surface area contributed by atoms with Crippen molar-refractivity contribution in [2.24, 2.45) is 0 Å². The molecule has 0 radical (unpaired) electrons. The van der Waals surface area contributed by atoms with Crippen molar-refractivity contribution < 1.29 is 13.2 Å². The smallest absolute Gasteiger partial charge is 0.368 e. The highest BCUT2D eigenvalue weighted by Gasteiger charge is 2.34. The number of alkyl halides is 3. The third kappa shape index (κ3) is 2.42. The molecular weight excluding hydrogens is 251 g/mol. The second-order valence-electron chi connectivity index (χ2n) is 3.14. The van der Waals surface area contributed by atoms with Gasteiger partial charge in [0.25, 0.3) is 0 Å². The van der Waals surface area contributed by atoms with Crippen LogP contribution in [0.15, 0.2) is 12.3 Å². The lowest BCUT2D eigenvalue weighted by Crippen LogP contribution is -2.12. The quantitative estimate of drug-likeness (QED) is 0.764. The number of nitrogens with zero attached hydrogens (tertiary/aromatic N) is 5. The highest BCUT2D eigenvalue weighted by Crippen LogP contribution is 2.27. The molecule has 0 bridgehead atoms. The zero-order valence-electron chi connectivity index (χ0n) is 8.68. The molecule has 0 aliphatic carbocycles. The summed E-state index contributed by atoms with van der Waals surface area (Å²) in [6.07, 6.45) is -3.71. The van der Waals surface area contributed by atoms with Gasteiger partial charge in [-0.1, -0.05) is 0 Å². The standard InChI is InChI=1S/C8H6F3N7/c9-8(10,11)5-14-2-1-3(15-5)4-16-6(12)18-7(13)17-4/h1-2H,(H4,12,13,16,17,18). The summed E-state index contributed by atoms with van der Waals surface area (Å²) in [5, 5.41) is 0. The summed E-state index contributed by atoms with van der Waals surface area (Å²) < 4.78 is 37.2. The van der Waals surface area contributed by atoms with Crippen LogP contribution in [0.25, 0.3) is 11.5 Å². The van der Waals surface area contributed by atoms with Gasteiger partial charge in [0.2, 0.25) is 17.7 Å². The number of aromatic nitrogens is 5. The Balaban J connectivity index is 2.51. The summed E-state index contributed by atoms with van der Waals surface area (Å²) >= 11 is 0. The number of hydrogen-bond donors (Lipinski definition) is 2. The molecule has 7 nitrogen and oxygen atoms in total. The molecule has 0 amide bonds. The lowest BCUT2D eigenvalue weighted by Gasteiger charge is -2.06. The molecule has 0 saturated heterocycles. The molecule has 2 aromatic rings. The van der Waals surface area contributed by atoms with Gasteiger partial charge >= 0.3 is 6.18 Å². The van der Waals surface area contributed by atoms with E-state index in [9.17, 15) is 13.2 Å². The van der Waals surface area contributed by atoms with Crippen LogP contribution in [0.3, 0.4) is 0 Å². The van der Waals surface area contributed by atoms with Crippen molar-refractivity contribution in [1.29, 1.82) is 0 Å². The Morgan fingerprint density at radius 3 is 2.11 bits per heavy atom. The SMILES string of the molecule is Nc1nc(N)nc(-c2ccnc(C(F)(F)F)n2)n1. The van der Waals surface area contributed by atoms with Gasteiger partial charge in [0.15, 0.2) is 5.82 Å². The van der Waals surface area contributed by atoms with Crippen LogP contribution < -0.4 is 11.5 Å². The van der Waals surface area contributed by atoms with Crippen molar-refractivity contribution in [3.05, 3.63) is 18.1 Å². The number of rotatable bonds is 1. The lowest BCUT2D eigenvalue weighted by atomic mass is 10.3. The van der Waals surface area contributed by atoms with Crippen LogP contribution in [-0.2, 0) is 6.18 Å². The first-order valence-corrected chi connectivity index (χ1v) is 4.54. The van der Waals surface area contributed by atoms with Gasteiger partial charge in [-0.3, -0.25) is 0 Å². The summed E-state index contributed by atoms with van der Waals surface area (Å²) in [5.41, 5.74) is 10.5. The maximum atomic E-state index is 12.4. The molecule has 4 N–H and O–H groups in total. The summed E-state index contributed by atoms with van der Waals surface area (Å²) in [7, 11) is 0. The first-order chi connectivity index (χ1) is 8.36. The van der Waals surface area contributed by atoms with Crippen molar-refractivity contribution in [3.63, 3.8) is 0 Å². The molecule has 0 aliphatic rings. The van der Waals surface area contributed by atoms with Crippen LogP contribution in [0.1, 0.15) is 5.82 Å². The van der Waals surface area contributed by atoms with Crippen LogP contribution in [-0.4, -0.2) is 24.9 Å².